The smallest absolute Gasteiger partial charge is 0.243 e. The van der Waals surface area contributed by atoms with E-state index >= 15 is 0 Å². The molecule has 31 heavy (non-hydrogen) atoms. The fraction of sp³-hybridized carbons (Fsp3) is 0.478. The van der Waals surface area contributed by atoms with Gasteiger partial charge in [0, 0.05) is 32.3 Å². The van der Waals surface area contributed by atoms with Crippen LogP contribution in [-0.2, 0) is 21.2 Å². The van der Waals surface area contributed by atoms with Gasteiger partial charge in [0.25, 0.3) is 0 Å². The summed E-state index contributed by atoms with van der Waals surface area (Å²) in [5.41, 5.74) is 3.68. The van der Waals surface area contributed by atoms with Gasteiger partial charge in [-0.2, -0.15) is 4.31 Å². The van der Waals surface area contributed by atoms with E-state index in [0.29, 0.717) is 25.6 Å². The SMILES string of the molecule is CCOC[C@H](CC(C)C)N(C)S(=O)(=O)c1ccc(Cc2nccc3nc(C)[nH]c23)cc1. The van der Waals surface area contributed by atoms with Crippen LogP contribution in [0.15, 0.2) is 41.4 Å². The number of imidazole rings is 1. The molecule has 0 amide bonds. The lowest BCUT2D eigenvalue weighted by Crippen LogP contribution is -2.41. The molecule has 0 aliphatic heterocycles. The molecule has 7 nitrogen and oxygen atoms in total. The lowest BCUT2D eigenvalue weighted by molar-refractivity contribution is 0.0954. The number of nitrogens with one attached hydrogen (secondary N) is 1. The molecule has 0 unspecified atom stereocenters. The first-order chi connectivity index (χ1) is 14.7. The van der Waals surface area contributed by atoms with Crippen molar-refractivity contribution in [2.24, 2.45) is 5.92 Å². The van der Waals surface area contributed by atoms with E-state index in [0.717, 1.165) is 34.5 Å². The van der Waals surface area contributed by atoms with Gasteiger partial charge in [-0.05, 0) is 49.9 Å². The summed E-state index contributed by atoms with van der Waals surface area (Å²) >= 11 is 0. The minimum atomic E-state index is -3.61. The van der Waals surface area contributed by atoms with E-state index in [9.17, 15) is 8.42 Å². The third-order valence-electron chi connectivity index (χ3n) is 5.35. The molecule has 0 fully saturated rings. The molecular formula is C23H32N4O3S. The Morgan fingerprint density at radius 2 is 1.87 bits per heavy atom. The predicted molar refractivity (Wildman–Crippen MR) is 123 cm³/mol. The quantitative estimate of drug-likeness (QED) is 0.512. The normalized spacial score (nSPS) is 13.4. The van der Waals surface area contributed by atoms with E-state index in [1.54, 1.807) is 25.4 Å². The number of aromatic amines is 1. The van der Waals surface area contributed by atoms with Crippen molar-refractivity contribution in [3.8, 4) is 0 Å². The highest BCUT2D eigenvalue weighted by Crippen LogP contribution is 2.23. The Bertz CT molecular complexity index is 1110. The molecule has 0 spiro atoms. The zero-order valence-corrected chi connectivity index (χ0v) is 19.7. The van der Waals surface area contributed by atoms with Crippen molar-refractivity contribution in [2.45, 2.75) is 51.5 Å². The van der Waals surface area contributed by atoms with Crippen LogP contribution in [0.5, 0.6) is 0 Å². The lowest BCUT2D eigenvalue weighted by Gasteiger charge is -2.28. The second-order valence-electron chi connectivity index (χ2n) is 8.26. The number of pyridine rings is 1. The van der Waals surface area contributed by atoms with Gasteiger partial charge in [-0.25, -0.2) is 13.4 Å². The largest absolute Gasteiger partial charge is 0.380 e. The molecule has 2 aromatic heterocycles. The first-order valence-electron chi connectivity index (χ1n) is 10.7. The maximum absolute atomic E-state index is 13.2. The zero-order valence-electron chi connectivity index (χ0n) is 18.9. The molecule has 8 heteroatoms. The van der Waals surface area contributed by atoms with E-state index in [2.05, 4.69) is 28.8 Å². The van der Waals surface area contributed by atoms with E-state index in [1.165, 1.54) is 4.31 Å². The van der Waals surface area contributed by atoms with Crippen molar-refractivity contribution >= 4 is 21.1 Å². The van der Waals surface area contributed by atoms with Crippen molar-refractivity contribution in [3.05, 3.63) is 53.6 Å². The molecule has 2 heterocycles. The fourth-order valence-electron chi connectivity index (χ4n) is 3.70. The fourth-order valence-corrected chi connectivity index (χ4v) is 5.05. The van der Waals surface area contributed by atoms with Crippen molar-refractivity contribution in [2.75, 3.05) is 20.3 Å². The average molecular weight is 445 g/mol. The number of aromatic nitrogens is 3. The van der Waals surface area contributed by atoms with Crippen molar-refractivity contribution < 1.29 is 13.2 Å². The van der Waals surface area contributed by atoms with Gasteiger partial charge in [0.15, 0.2) is 0 Å². The standard InChI is InChI=1S/C23H32N4O3S/c1-6-30-15-19(13-16(2)3)27(5)31(28,29)20-9-7-18(8-10-20)14-22-23-21(11-12-24-22)25-17(4)26-23/h7-12,16,19H,6,13-15H2,1-5H3,(H,25,26)/t19-/m0/s1. The number of rotatable bonds is 10. The molecule has 0 aliphatic carbocycles. The highest BCUT2D eigenvalue weighted by Gasteiger charge is 2.28. The van der Waals surface area contributed by atoms with Gasteiger partial charge in [-0.3, -0.25) is 4.98 Å². The molecule has 168 valence electrons. The van der Waals surface area contributed by atoms with Crippen molar-refractivity contribution in [1.82, 2.24) is 19.3 Å². The van der Waals surface area contributed by atoms with Crippen molar-refractivity contribution in [1.29, 1.82) is 0 Å². The Hall–Kier alpha value is -2.29. The topological polar surface area (TPSA) is 88.2 Å². The van der Waals surface area contributed by atoms with Crippen LogP contribution in [-0.4, -0.2) is 54.0 Å². The summed E-state index contributed by atoms with van der Waals surface area (Å²) in [6, 6.07) is 8.73. The van der Waals surface area contributed by atoms with E-state index in [-0.39, 0.29) is 10.9 Å². The van der Waals surface area contributed by atoms with E-state index in [1.807, 2.05) is 32.0 Å². The molecule has 0 saturated carbocycles. The van der Waals surface area contributed by atoms with Crippen LogP contribution in [0.25, 0.3) is 11.0 Å². The summed E-state index contributed by atoms with van der Waals surface area (Å²) in [5, 5.41) is 0. The Morgan fingerprint density at radius 1 is 1.16 bits per heavy atom. The summed E-state index contributed by atoms with van der Waals surface area (Å²) in [6.07, 6.45) is 3.08. The van der Waals surface area contributed by atoms with Gasteiger partial charge in [0.1, 0.15) is 5.82 Å². The third kappa shape index (κ3) is 5.50. The third-order valence-corrected chi connectivity index (χ3v) is 7.27. The van der Waals surface area contributed by atoms with Gasteiger partial charge in [-0.15, -0.1) is 0 Å². The first kappa shape index (κ1) is 23.4. The number of sulfonamides is 1. The van der Waals surface area contributed by atoms with Gasteiger partial charge in [-0.1, -0.05) is 26.0 Å². The van der Waals surface area contributed by atoms with Crippen LogP contribution in [0, 0.1) is 12.8 Å². The number of benzene rings is 1. The van der Waals surface area contributed by atoms with Crippen LogP contribution in [0.2, 0.25) is 0 Å². The highest BCUT2D eigenvalue weighted by molar-refractivity contribution is 7.89. The van der Waals surface area contributed by atoms with Gasteiger partial charge in [0.05, 0.1) is 28.2 Å². The number of ether oxygens (including phenoxy) is 1. The molecule has 1 atom stereocenters. The number of aryl methyl sites for hydroxylation is 1. The Labute approximate surface area is 184 Å². The lowest BCUT2D eigenvalue weighted by atomic mass is 10.0. The summed E-state index contributed by atoms with van der Waals surface area (Å²) < 4.78 is 33.4. The molecular weight excluding hydrogens is 412 g/mol. The molecule has 0 saturated heterocycles. The molecule has 3 rings (SSSR count). The molecule has 1 aromatic carbocycles. The number of hydrogen-bond acceptors (Lipinski definition) is 5. The Morgan fingerprint density at radius 3 is 2.52 bits per heavy atom. The maximum Gasteiger partial charge on any atom is 0.243 e. The summed E-state index contributed by atoms with van der Waals surface area (Å²) in [4.78, 5) is 12.5. The number of fused-ring (bicyclic) bond motifs is 1. The first-order valence-corrected chi connectivity index (χ1v) is 12.1. The molecule has 3 aromatic rings. The minimum absolute atomic E-state index is 0.199. The molecule has 1 N–H and O–H groups in total. The molecule has 0 bridgehead atoms. The number of H-pyrrole nitrogens is 1. The minimum Gasteiger partial charge on any atom is -0.380 e. The second-order valence-corrected chi connectivity index (χ2v) is 10.3. The summed E-state index contributed by atoms with van der Waals surface area (Å²) in [5.74, 6) is 1.21. The summed E-state index contributed by atoms with van der Waals surface area (Å²) in [7, 11) is -1.97. The number of likely N-dealkylation sites (N-methyl/N-ethyl adjacent to an activating group) is 1. The zero-order chi connectivity index (χ0) is 22.6. The Kier molecular flexibility index (Phi) is 7.46. The Balaban J connectivity index is 1.80. The predicted octanol–water partition coefficient (Wildman–Crippen LogP) is 3.93. The van der Waals surface area contributed by atoms with E-state index in [4.69, 9.17) is 4.74 Å². The van der Waals surface area contributed by atoms with Crippen LogP contribution >= 0.6 is 0 Å². The van der Waals surface area contributed by atoms with Gasteiger partial charge < -0.3 is 9.72 Å². The van der Waals surface area contributed by atoms with Crippen LogP contribution in [0.3, 0.4) is 0 Å². The van der Waals surface area contributed by atoms with Gasteiger partial charge >= 0.3 is 0 Å². The second kappa shape index (κ2) is 9.89. The van der Waals surface area contributed by atoms with Gasteiger partial charge in [0.2, 0.25) is 10.0 Å². The van der Waals surface area contributed by atoms with E-state index < -0.39 is 10.0 Å². The number of hydrogen-bond donors (Lipinski definition) is 1. The summed E-state index contributed by atoms with van der Waals surface area (Å²) in [6.45, 7) is 8.96. The molecule has 0 radical (unpaired) electrons. The van der Waals surface area contributed by atoms with Crippen LogP contribution in [0.1, 0.15) is 44.3 Å². The maximum atomic E-state index is 13.2. The van der Waals surface area contributed by atoms with Crippen LogP contribution in [0.4, 0.5) is 0 Å². The van der Waals surface area contributed by atoms with Crippen LogP contribution < -0.4 is 0 Å². The average Bonchev–Trinajstić information content (AvgIpc) is 3.12. The van der Waals surface area contributed by atoms with Crippen molar-refractivity contribution in [3.63, 3.8) is 0 Å². The number of nitrogens with zero attached hydrogens (tertiary/aromatic N) is 3. The molecule has 0 aliphatic rings. The monoisotopic (exact) mass is 444 g/mol. The highest BCUT2D eigenvalue weighted by atomic mass is 32.2.